The molecule has 1 unspecified atom stereocenters. The van der Waals surface area contributed by atoms with Crippen LogP contribution < -0.4 is 10.6 Å². The van der Waals surface area contributed by atoms with Crippen LogP contribution in [-0.2, 0) is 0 Å². The van der Waals surface area contributed by atoms with Crippen molar-refractivity contribution in [3.8, 4) is 0 Å². The first-order valence-electron chi connectivity index (χ1n) is 7.51. The summed E-state index contributed by atoms with van der Waals surface area (Å²) in [5, 5.41) is 7.46. The minimum Gasteiger partial charge on any atom is -0.307 e. The topological polar surface area (TPSA) is 49.8 Å². The number of piperidine rings is 1. The van der Waals surface area contributed by atoms with Crippen LogP contribution in [0, 0.1) is 6.92 Å². The normalized spacial score (nSPS) is 23.5. The number of hydrogen-bond donors (Lipinski definition) is 2. The molecule has 20 heavy (non-hydrogen) atoms. The van der Waals surface area contributed by atoms with Gasteiger partial charge in [-0.15, -0.1) is 0 Å². The zero-order chi connectivity index (χ0) is 15.0. The largest absolute Gasteiger partial charge is 0.307 e. The van der Waals surface area contributed by atoms with Crippen molar-refractivity contribution in [1.82, 2.24) is 20.6 Å². The third-order valence-electron chi connectivity index (χ3n) is 4.01. The van der Waals surface area contributed by atoms with Crippen LogP contribution in [0.25, 0.3) is 0 Å². The lowest BCUT2D eigenvalue weighted by Gasteiger charge is -2.47. The maximum absolute atomic E-state index is 4.48. The van der Waals surface area contributed by atoms with Gasteiger partial charge in [0.15, 0.2) is 0 Å². The van der Waals surface area contributed by atoms with Crippen molar-refractivity contribution in [2.75, 3.05) is 0 Å². The molecule has 0 spiro atoms. The van der Waals surface area contributed by atoms with Crippen molar-refractivity contribution < 1.29 is 0 Å². The Balaban J connectivity index is 2.08. The van der Waals surface area contributed by atoms with Gasteiger partial charge in [-0.05, 0) is 54.4 Å². The Bertz CT molecular complexity index is 451. The predicted octanol–water partition coefficient (Wildman–Crippen LogP) is 2.74. The summed E-state index contributed by atoms with van der Waals surface area (Å²) in [6.45, 7) is 13.3. The standard InChI is InChI=1S/C16H28N4/c1-11-14(18-8-7-17-11)12(2)19-13-9-15(3,4)20-16(5,6)10-13/h7-8,12-13,19-20H,9-10H2,1-6H3. The number of aromatic nitrogens is 2. The second-order valence-electron chi connectivity index (χ2n) is 7.41. The molecule has 4 nitrogen and oxygen atoms in total. The molecule has 2 rings (SSSR count). The van der Waals surface area contributed by atoms with E-state index in [4.69, 9.17) is 0 Å². The van der Waals surface area contributed by atoms with Crippen LogP contribution in [0.4, 0.5) is 0 Å². The monoisotopic (exact) mass is 276 g/mol. The first-order valence-corrected chi connectivity index (χ1v) is 7.51. The highest BCUT2D eigenvalue weighted by Crippen LogP contribution is 2.29. The summed E-state index contributed by atoms with van der Waals surface area (Å²) in [6.07, 6.45) is 5.78. The van der Waals surface area contributed by atoms with Gasteiger partial charge in [0, 0.05) is 35.6 Å². The molecule has 1 aliphatic heterocycles. The average Bonchev–Trinajstić information content (AvgIpc) is 2.24. The molecule has 1 fully saturated rings. The van der Waals surface area contributed by atoms with Crippen molar-refractivity contribution in [3.63, 3.8) is 0 Å². The quantitative estimate of drug-likeness (QED) is 0.891. The predicted molar refractivity (Wildman–Crippen MR) is 82.6 cm³/mol. The van der Waals surface area contributed by atoms with E-state index < -0.39 is 0 Å². The van der Waals surface area contributed by atoms with E-state index in [1.807, 2.05) is 6.92 Å². The van der Waals surface area contributed by atoms with Gasteiger partial charge in [-0.1, -0.05) is 0 Å². The molecule has 1 aromatic rings. The van der Waals surface area contributed by atoms with Crippen LogP contribution in [0.15, 0.2) is 12.4 Å². The van der Waals surface area contributed by atoms with Gasteiger partial charge in [0.2, 0.25) is 0 Å². The molecule has 1 aromatic heterocycles. The van der Waals surface area contributed by atoms with E-state index in [1.54, 1.807) is 12.4 Å². The highest BCUT2D eigenvalue weighted by atomic mass is 15.1. The molecular formula is C16H28N4. The Morgan fingerprint density at radius 2 is 1.70 bits per heavy atom. The molecular weight excluding hydrogens is 248 g/mol. The van der Waals surface area contributed by atoms with E-state index in [1.165, 1.54) is 0 Å². The van der Waals surface area contributed by atoms with Gasteiger partial charge in [-0.3, -0.25) is 9.97 Å². The lowest BCUT2D eigenvalue weighted by Crippen LogP contribution is -2.61. The first kappa shape index (κ1) is 15.4. The third-order valence-corrected chi connectivity index (χ3v) is 4.01. The van der Waals surface area contributed by atoms with Gasteiger partial charge >= 0.3 is 0 Å². The number of aryl methyl sites for hydroxylation is 1. The zero-order valence-electron chi connectivity index (χ0n) is 13.6. The summed E-state index contributed by atoms with van der Waals surface area (Å²) in [7, 11) is 0. The second-order valence-corrected chi connectivity index (χ2v) is 7.41. The average molecular weight is 276 g/mol. The van der Waals surface area contributed by atoms with Crippen LogP contribution >= 0.6 is 0 Å². The molecule has 0 radical (unpaired) electrons. The molecule has 0 aliphatic carbocycles. The summed E-state index contributed by atoms with van der Waals surface area (Å²) in [5.74, 6) is 0. The maximum Gasteiger partial charge on any atom is 0.0782 e. The third kappa shape index (κ3) is 3.76. The smallest absolute Gasteiger partial charge is 0.0782 e. The Labute approximate surface area is 122 Å². The van der Waals surface area contributed by atoms with Crippen LogP contribution in [0.1, 0.15) is 64.9 Å². The molecule has 0 amide bonds. The molecule has 0 bridgehead atoms. The summed E-state index contributed by atoms with van der Waals surface area (Å²) in [5.41, 5.74) is 2.40. The number of rotatable bonds is 3. The van der Waals surface area contributed by atoms with E-state index in [2.05, 4.69) is 55.2 Å². The van der Waals surface area contributed by atoms with E-state index in [0.29, 0.717) is 6.04 Å². The zero-order valence-corrected chi connectivity index (χ0v) is 13.6. The molecule has 1 aliphatic rings. The molecule has 4 heteroatoms. The lowest BCUT2D eigenvalue weighted by atomic mass is 9.79. The van der Waals surface area contributed by atoms with Crippen molar-refractivity contribution in [3.05, 3.63) is 23.8 Å². The van der Waals surface area contributed by atoms with E-state index in [0.717, 1.165) is 24.2 Å². The van der Waals surface area contributed by atoms with E-state index >= 15 is 0 Å². The summed E-state index contributed by atoms with van der Waals surface area (Å²) < 4.78 is 0. The number of nitrogens with zero attached hydrogens (tertiary/aromatic N) is 2. The minimum absolute atomic E-state index is 0.163. The fourth-order valence-corrected chi connectivity index (χ4v) is 3.72. The van der Waals surface area contributed by atoms with Crippen molar-refractivity contribution in [1.29, 1.82) is 0 Å². The fraction of sp³-hybridized carbons (Fsp3) is 0.750. The van der Waals surface area contributed by atoms with Crippen LogP contribution in [0.3, 0.4) is 0 Å². The fourth-order valence-electron chi connectivity index (χ4n) is 3.72. The molecule has 2 heterocycles. The molecule has 1 atom stereocenters. The van der Waals surface area contributed by atoms with Crippen LogP contribution in [-0.4, -0.2) is 27.1 Å². The van der Waals surface area contributed by atoms with Gasteiger partial charge in [0.05, 0.1) is 11.4 Å². The maximum atomic E-state index is 4.48. The molecule has 2 N–H and O–H groups in total. The Morgan fingerprint density at radius 3 is 2.25 bits per heavy atom. The van der Waals surface area contributed by atoms with Gasteiger partial charge in [-0.25, -0.2) is 0 Å². The summed E-state index contributed by atoms with van der Waals surface area (Å²) >= 11 is 0. The lowest BCUT2D eigenvalue weighted by molar-refractivity contribution is 0.140. The highest BCUT2D eigenvalue weighted by molar-refractivity contribution is 5.13. The van der Waals surface area contributed by atoms with Crippen LogP contribution in [0.2, 0.25) is 0 Å². The minimum atomic E-state index is 0.163. The van der Waals surface area contributed by atoms with Crippen molar-refractivity contribution >= 4 is 0 Å². The van der Waals surface area contributed by atoms with Crippen LogP contribution in [0.5, 0.6) is 0 Å². The number of hydrogen-bond acceptors (Lipinski definition) is 4. The summed E-state index contributed by atoms with van der Waals surface area (Å²) in [6, 6.07) is 0.732. The van der Waals surface area contributed by atoms with Crippen molar-refractivity contribution in [2.24, 2.45) is 0 Å². The van der Waals surface area contributed by atoms with E-state index in [-0.39, 0.29) is 17.1 Å². The Hall–Kier alpha value is -1.00. The second kappa shape index (κ2) is 5.41. The Kier molecular flexibility index (Phi) is 4.17. The first-order chi connectivity index (χ1) is 9.19. The highest BCUT2D eigenvalue weighted by Gasteiger charge is 2.38. The van der Waals surface area contributed by atoms with E-state index in [9.17, 15) is 0 Å². The van der Waals surface area contributed by atoms with Crippen molar-refractivity contribution in [2.45, 2.75) is 77.5 Å². The molecule has 1 saturated heterocycles. The van der Waals surface area contributed by atoms with Gasteiger partial charge < -0.3 is 10.6 Å². The molecule has 0 aromatic carbocycles. The molecule has 0 saturated carbocycles. The SMILES string of the molecule is Cc1nccnc1C(C)NC1CC(C)(C)NC(C)(C)C1. The molecule has 112 valence electrons. The van der Waals surface area contributed by atoms with Gasteiger partial charge in [-0.2, -0.15) is 0 Å². The number of nitrogens with one attached hydrogen (secondary N) is 2. The van der Waals surface area contributed by atoms with Gasteiger partial charge in [0.1, 0.15) is 0 Å². The summed E-state index contributed by atoms with van der Waals surface area (Å²) in [4.78, 5) is 8.81. The van der Waals surface area contributed by atoms with Gasteiger partial charge in [0.25, 0.3) is 0 Å². The Morgan fingerprint density at radius 1 is 1.15 bits per heavy atom.